The van der Waals surface area contributed by atoms with Crippen LogP contribution in [0.4, 0.5) is 0 Å². The molecular formula is C13H14O2. The van der Waals surface area contributed by atoms with E-state index in [4.69, 9.17) is 4.42 Å². The smallest absolute Gasteiger partial charge is 0.134 e. The third-order valence-electron chi connectivity index (χ3n) is 2.65. The van der Waals surface area contributed by atoms with Gasteiger partial charge in [0.05, 0.1) is 0 Å². The number of carbonyl (C=O) groups is 1. The van der Waals surface area contributed by atoms with Crippen LogP contribution in [-0.4, -0.2) is 5.78 Å². The molecule has 15 heavy (non-hydrogen) atoms. The Labute approximate surface area is 88.9 Å². The molecule has 0 saturated heterocycles. The number of carbonyl (C=O) groups excluding carboxylic acids is 1. The standard InChI is InChI=1S/C13H14O2/c1-9(14)7-8-12-10(2)11-5-3-4-6-13(11)15-12/h3-6H,7-8H2,1-2H3. The van der Waals surface area contributed by atoms with E-state index in [0.717, 1.165) is 22.3 Å². The number of ketones is 1. The number of hydrogen-bond donors (Lipinski definition) is 0. The molecule has 2 heteroatoms. The number of benzene rings is 1. The highest BCUT2D eigenvalue weighted by molar-refractivity contribution is 5.82. The SMILES string of the molecule is CC(=O)CCc1oc2ccccc2c1C. The highest BCUT2D eigenvalue weighted by Crippen LogP contribution is 2.25. The number of fused-ring (bicyclic) bond motifs is 1. The van der Waals surface area contributed by atoms with E-state index in [1.165, 1.54) is 0 Å². The van der Waals surface area contributed by atoms with E-state index in [-0.39, 0.29) is 5.78 Å². The first-order valence-electron chi connectivity index (χ1n) is 5.15. The average Bonchev–Trinajstić information content (AvgIpc) is 2.54. The van der Waals surface area contributed by atoms with Crippen LogP contribution in [0.15, 0.2) is 28.7 Å². The van der Waals surface area contributed by atoms with Crippen LogP contribution in [0.1, 0.15) is 24.7 Å². The first-order chi connectivity index (χ1) is 7.18. The first-order valence-corrected chi connectivity index (χ1v) is 5.15. The van der Waals surface area contributed by atoms with Crippen molar-refractivity contribution in [2.75, 3.05) is 0 Å². The Kier molecular flexibility index (Phi) is 2.58. The minimum atomic E-state index is 0.204. The van der Waals surface area contributed by atoms with Crippen LogP contribution in [0.2, 0.25) is 0 Å². The Bertz CT molecular complexity index is 494. The van der Waals surface area contributed by atoms with Crippen molar-refractivity contribution in [1.82, 2.24) is 0 Å². The molecule has 2 aromatic rings. The molecule has 1 aromatic carbocycles. The molecule has 0 atom stereocenters. The summed E-state index contributed by atoms with van der Waals surface area (Å²) in [4.78, 5) is 10.9. The van der Waals surface area contributed by atoms with Crippen LogP contribution in [0.3, 0.4) is 0 Å². The van der Waals surface area contributed by atoms with Gasteiger partial charge in [0.15, 0.2) is 0 Å². The number of furan rings is 1. The number of hydrogen-bond acceptors (Lipinski definition) is 2. The summed E-state index contributed by atoms with van der Waals surface area (Å²) in [5, 5.41) is 1.15. The van der Waals surface area contributed by atoms with Crippen molar-refractivity contribution in [2.24, 2.45) is 0 Å². The maximum Gasteiger partial charge on any atom is 0.134 e. The van der Waals surface area contributed by atoms with Crippen molar-refractivity contribution in [2.45, 2.75) is 26.7 Å². The fraction of sp³-hybridized carbons (Fsp3) is 0.308. The van der Waals surface area contributed by atoms with Gasteiger partial charge in [0.1, 0.15) is 17.1 Å². The predicted octanol–water partition coefficient (Wildman–Crippen LogP) is 3.26. The van der Waals surface area contributed by atoms with Crippen molar-refractivity contribution in [3.8, 4) is 0 Å². The fourth-order valence-electron chi connectivity index (χ4n) is 1.75. The third-order valence-corrected chi connectivity index (χ3v) is 2.65. The molecule has 0 unspecified atom stereocenters. The van der Waals surface area contributed by atoms with E-state index in [0.29, 0.717) is 12.8 Å². The van der Waals surface area contributed by atoms with Crippen molar-refractivity contribution in [3.05, 3.63) is 35.6 Å². The molecule has 0 fully saturated rings. The van der Waals surface area contributed by atoms with E-state index >= 15 is 0 Å². The van der Waals surface area contributed by atoms with Crippen LogP contribution in [0.25, 0.3) is 11.0 Å². The minimum Gasteiger partial charge on any atom is -0.461 e. The van der Waals surface area contributed by atoms with Crippen LogP contribution >= 0.6 is 0 Å². The van der Waals surface area contributed by atoms with E-state index < -0.39 is 0 Å². The summed E-state index contributed by atoms with van der Waals surface area (Å²) < 4.78 is 5.70. The maximum absolute atomic E-state index is 10.9. The Morgan fingerprint density at radius 1 is 1.33 bits per heavy atom. The molecule has 0 saturated carbocycles. The predicted molar refractivity (Wildman–Crippen MR) is 60.0 cm³/mol. The molecule has 1 heterocycles. The van der Waals surface area contributed by atoms with Gasteiger partial charge < -0.3 is 9.21 Å². The molecule has 0 aliphatic carbocycles. The van der Waals surface area contributed by atoms with Gasteiger partial charge in [-0.15, -0.1) is 0 Å². The quantitative estimate of drug-likeness (QED) is 0.764. The Morgan fingerprint density at radius 2 is 2.07 bits per heavy atom. The lowest BCUT2D eigenvalue weighted by atomic mass is 10.1. The molecule has 78 valence electrons. The van der Waals surface area contributed by atoms with E-state index in [1.807, 2.05) is 31.2 Å². The normalized spacial score (nSPS) is 10.8. The molecule has 2 nitrogen and oxygen atoms in total. The van der Waals surface area contributed by atoms with Crippen LogP contribution < -0.4 is 0 Å². The zero-order valence-corrected chi connectivity index (χ0v) is 9.04. The second-order valence-electron chi connectivity index (χ2n) is 3.85. The number of Topliss-reactive ketones (excluding diaryl/α,β-unsaturated/α-hetero) is 1. The van der Waals surface area contributed by atoms with Gasteiger partial charge in [-0.05, 0) is 25.5 Å². The summed E-state index contributed by atoms with van der Waals surface area (Å²) in [6.45, 7) is 3.65. The summed E-state index contributed by atoms with van der Waals surface area (Å²) >= 11 is 0. The Balaban J connectivity index is 2.36. The van der Waals surface area contributed by atoms with E-state index in [1.54, 1.807) is 6.92 Å². The molecule has 0 radical (unpaired) electrons. The highest BCUT2D eigenvalue weighted by atomic mass is 16.3. The van der Waals surface area contributed by atoms with Gasteiger partial charge >= 0.3 is 0 Å². The summed E-state index contributed by atoms with van der Waals surface area (Å²) in [6, 6.07) is 7.96. The zero-order chi connectivity index (χ0) is 10.8. The Morgan fingerprint density at radius 3 is 2.73 bits per heavy atom. The van der Waals surface area contributed by atoms with Gasteiger partial charge in [0.2, 0.25) is 0 Å². The van der Waals surface area contributed by atoms with Gasteiger partial charge in [-0.3, -0.25) is 0 Å². The lowest BCUT2D eigenvalue weighted by Crippen LogP contribution is -1.93. The third kappa shape index (κ3) is 1.94. The molecule has 1 aromatic heterocycles. The lowest BCUT2D eigenvalue weighted by Gasteiger charge is -1.94. The van der Waals surface area contributed by atoms with E-state index in [2.05, 4.69) is 0 Å². The van der Waals surface area contributed by atoms with Crippen LogP contribution in [-0.2, 0) is 11.2 Å². The van der Waals surface area contributed by atoms with Crippen molar-refractivity contribution < 1.29 is 9.21 Å². The topological polar surface area (TPSA) is 30.2 Å². The van der Waals surface area contributed by atoms with Crippen molar-refractivity contribution in [3.63, 3.8) is 0 Å². The maximum atomic E-state index is 10.9. The highest BCUT2D eigenvalue weighted by Gasteiger charge is 2.09. The molecular weight excluding hydrogens is 188 g/mol. The molecule has 2 rings (SSSR count). The summed E-state index contributed by atoms with van der Waals surface area (Å²) in [6.07, 6.45) is 1.26. The second kappa shape index (κ2) is 3.89. The fourth-order valence-corrected chi connectivity index (χ4v) is 1.75. The van der Waals surface area contributed by atoms with Gasteiger partial charge in [0, 0.05) is 18.2 Å². The summed E-state index contributed by atoms with van der Waals surface area (Å²) in [5.41, 5.74) is 2.07. The second-order valence-corrected chi connectivity index (χ2v) is 3.85. The van der Waals surface area contributed by atoms with Crippen LogP contribution in [0, 0.1) is 6.92 Å². The van der Waals surface area contributed by atoms with Crippen LogP contribution in [0.5, 0.6) is 0 Å². The number of aryl methyl sites for hydroxylation is 2. The minimum absolute atomic E-state index is 0.204. The zero-order valence-electron chi connectivity index (χ0n) is 9.04. The summed E-state index contributed by atoms with van der Waals surface area (Å²) in [7, 11) is 0. The molecule has 0 aliphatic heterocycles. The van der Waals surface area contributed by atoms with Crippen molar-refractivity contribution >= 4 is 16.8 Å². The van der Waals surface area contributed by atoms with Gasteiger partial charge in [-0.25, -0.2) is 0 Å². The van der Waals surface area contributed by atoms with Gasteiger partial charge in [0.25, 0.3) is 0 Å². The van der Waals surface area contributed by atoms with Crippen molar-refractivity contribution in [1.29, 1.82) is 0 Å². The van der Waals surface area contributed by atoms with E-state index in [9.17, 15) is 4.79 Å². The van der Waals surface area contributed by atoms with Gasteiger partial charge in [-0.1, -0.05) is 18.2 Å². The average molecular weight is 202 g/mol. The lowest BCUT2D eigenvalue weighted by molar-refractivity contribution is -0.117. The molecule has 0 amide bonds. The number of rotatable bonds is 3. The molecule has 0 N–H and O–H groups in total. The Hall–Kier alpha value is -1.57. The number of para-hydroxylation sites is 1. The molecule has 0 aliphatic rings. The summed E-state index contributed by atoms with van der Waals surface area (Å²) in [5.74, 6) is 1.14. The largest absolute Gasteiger partial charge is 0.461 e. The first kappa shape index (κ1) is 9.97. The van der Waals surface area contributed by atoms with Gasteiger partial charge in [-0.2, -0.15) is 0 Å². The monoisotopic (exact) mass is 202 g/mol. The molecule has 0 bridgehead atoms. The molecule has 0 spiro atoms.